The van der Waals surface area contributed by atoms with Gasteiger partial charge in [0.2, 0.25) is 0 Å². The third-order valence-electron chi connectivity index (χ3n) is 3.11. The van der Waals surface area contributed by atoms with Crippen LogP contribution in [0.1, 0.15) is 26.7 Å². The highest BCUT2D eigenvalue weighted by atomic mass is 28.4. The Hall–Kier alpha value is -0.763. The maximum Gasteiger partial charge on any atom is 0.537 e. The molecule has 0 bridgehead atoms. The zero-order chi connectivity index (χ0) is 15.6. The van der Waals surface area contributed by atoms with Crippen LogP contribution >= 0.6 is 0 Å². The molecule has 21 heavy (non-hydrogen) atoms. The molecule has 0 fully saturated rings. The van der Waals surface area contributed by atoms with Crippen LogP contribution in [-0.2, 0) is 13.3 Å². The number of hydrogen-bond acceptors (Lipinski definition) is 5. The molecule has 4 N–H and O–H groups in total. The monoisotopic (exact) mass is 312 g/mol. The lowest BCUT2D eigenvalue weighted by Crippen LogP contribution is -2.57. The van der Waals surface area contributed by atoms with Crippen LogP contribution in [0.5, 0.6) is 0 Å². The van der Waals surface area contributed by atoms with E-state index in [9.17, 15) is 0 Å². The predicted molar refractivity (Wildman–Crippen MR) is 87.3 cm³/mol. The summed E-state index contributed by atoms with van der Waals surface area (Å²) in [6.45, 7) is 6.12. The summed E-state index contributed by atoms with van der Waals surface area (Å²) in [4.78, 5) is 0. The van der Waals surface area contributed by atoms with E-state index in [1.165, 1.54) is 0 Å². The summed E-state index contributed by atoms with van der Waals surface area (Å²) in [6, 6.07) is 9.96. The molecule has 6 heteroatoms. The normalized spacial score (nSPS) is 13.3. The maximum atomic E-state index is 6.09. The summed E-state index contributed by atoms with van der Waals surface area (Å²) in [5.41, 5.74) is 11.5. The standard InChI is InChI=1S/C15H28N2O3Si/c1-3-18-21(19-4-2,15-8-6-5-7-9-15)20-13-11-14(17)10-12-16/h5-9,14H,3-4,10-13,16-17H2,1-2H3. The van der Waals surface area contributed by atoms with Gasteiger partial charge in [0.25, 0.3) is 0 Å². The Morgan fingerprint density at radius 1 is 1.00 bits per heavy atom. The Morgan fingerprint density at radius 3 is 2.14 bits per heavy atom. The summed E-state index contributed by atoms with van der Waals surface area (Å²) in [7, 11) is -2.85. The van der Waals surface area contributed by atoms with E-state index in [4.69, 9.17) is 24.7 Å². The molecule has 0 heterocycles. The first-order valence-electron chi connectivity index (χ1n) is 7.61. The van der Waals surface area contributed by atoms with Crippen molar-refractivity contribution in [2.24, 2.45) is 11.5 Å². The van der Waals surface area contributed by atoms with Crippen molar-refractivity contribution >= 4 is 14.0 Å². The van der Waals surface area contributed by atoms with E-state index in [2.05, 4.69) is 0 Å². The van der Waals surface area contributed by atoms with E-state index in [1.807, 2.05) is 44.2 Å². The van der Waals surface area contributed by atoms with Gasteiger partial charge in [-0.1, -0.05) is 30.3 Å². The molecule has 0 aliphatic carbocycles. The van der Waals surface area contributed by atoms with E-state index in [-0.39, 0.29) is 6.04 Å². The molecule has 0 amide bonds. The van der Waals surface area contributed by atoms with Gasteiger partial charge in [-0.2, -0.15) is 0 Å². The first-order chi connectivity index (χ1) is 10.2. The van der Waals surface area contributed by atoms with Crippen LogP contribution in [0.4, 0.5) is 0 Å². The van der Waals surface area contributed by atoms with Gasteiger partial charge in [-0.25, -0.2) is 0 Å². The Balaban J connectivity index is 2.76. The molecule has 0 aromatic heterocycles. The Morgan fingerprint density at radius 2 is 1.62 bits per heavy atom. The van der Waals surface area contributed by atoms with E-state index < -0.39 is 8.80 Å². The molecule has 0 saturated heterocycles. The van der Waals surface area contributed by atoms with Crippen LogP contribution in [0.3, 0.4) is 0 Å². The minimum atomic E-state index is -2.85. The quantitative estimate of drug-likeness (QED) is 0.596. The average Bonchev–Trinajstić information content (AvgIpc) is 2.49. The zero-order valence-electron chi connectivity index (χ0n) is 13.1. The zero-order valence-corrected chi connectivity index (χ0v) is 14.1. The molecule has 0 spiro atoms. The molecular weight excluding hydrogens is 284 g/mol. The van der Waals surface area contributed by atoms with Crippen molar-refractivity contribution in [3.8, 4) is 0 Å². The van der Waals surface area contributed by atoms with Crippen LogP contribution in [0.25, 0.3) is 0 Å². The molecule has 1 unspecified atom stereocenters. The van der Waals surface area contributed by atoms with Crippen molar-refractivity contribution in [2.45, 2.75) is 32.7 Å². The van der Waals surface area contributed by atoms with Gasteiger partial charge in [-0.3, -0.25) is 0 Å². The van der Waals surface area contributed by atoms with Crippen molar-refractivity contribution < 1.29 is 13.3 Å². The van der Waals surface area contributed by atoms with E-state index in [0.29, 0.717) is 26.4 Å². The summed E-state index contributed by atoms with van der Waals surface area (Å²) >= 11 is 0. The highest BCUT2D eigenvalue weighted by Gasteiger charge is 2.43. The summed E-state index contributed by atoms with van der Waals surface area (Å²) < 4.78 is 17.9. The maximum absolute atomic E-state index is 6.09. The minimum absolute atomic E-state index is 0.0562. The average molecular weight is 312 g/mol. The number of hydrogen-bond donors (Lipinski definition) is 2. The first-order valence-corrected chi connectivity index (χ1v) is 9.34. The van der Waals surface area contributed by atoms with Crippen LogP contribution in [0.15, 0.2) is 30.3 Å². The second-order valence-corrected chi connectivity index (χ2v) is 7.32. The molecule has 1 aromatic rings. The van der Waals surface area contributed by atoms with Crippen LogP contribution < -0.4 is 16.7 Å². The van der Waals surface area contributed by atoms with Gasteiger partial charge in [0.15, 0.2) is 0 Å². The van der Waals surface area contributed by atoms with Crippen LogP contribution in [0.2, 0.25) is 0 Å². The lowest BCUT2D eigenvalue weighted by molar-refractivity contribution is 0.0788. The predicted octanol–water partition coefficient (Wildman–Crippen LogP) is 0.988. The smallest absolute Gasteiger partial charge is 0.370 e. The molecule has 0 saturated carbocycles. The molecule has 1 rings (SSSR count). The van der Waals surface area contributed by atoms with E-state index in [1.54, 1.807) is 0 Å². The highest BCUT2D eigenvalue weighted by molar-refractivity contribution is 6.75. The second kappa shape index (κ2) is 10.0. The lowest BCUT2D eigenvalue weighted by atomic mass is 10.2. The summed E-state index contributed by atoms with van der Waals surface area (Å²) in [6.07, 6.45) is 1.55. The van der Waals surface area contributed by atoms with Gasteiger partial charge in [0.1, 0.15) is 0 Å². The Bertz CT molecular complexity index is 372. The lowest BCUT2D eigenvalue weighted by Gasteiger charge is -2.29. The topological polar surface area (TPSA) is 79.7 Å². The van der Waals surface area contributed by atoms with Crippen LogP contribution in [-0.4, -0.2) is 41.2 Å². The molecule has 0 aliphatic heterocycles. The van der Waals surface area contributed by atoms with Gasteiger partial charge in [0, 0.05) is 31.0 Å². The largest absolute Gasteiger partial charge is 0.537 e. The minimum Gasteiger partial charge on any atom is -0.370 e. The van der Waals surface area contributed by atoms with Crippen molar-refractivity contribution in [1.82, 2.24) is 0 Å². The number of nitrogens with two attached hydrogens (primary N) is 2. The summed E-state index contributed by atoms with van der Waals surface area (Å²) in [5.74, 6) is 0. The molecule has 0 aliphatic rings. The summed E-state index contributed by atoms with van der Waals surface area (Å²) in [5, 5.41) is 0.987. The number of benzene rings is 1. The molecule has 1 aromatic carbocycles. The van der Waals surface area contributed by atoms with Crippen molar-refractivity contribution in [3.05, 3.63) is 30.3 Å². The molecular formula is C15H28N2O3Si. The van der Waals surface area contributed by atoms with Crippen molar-refractivity contribution in [2.75, 3.05) is 26.4 Å². The fourth-order valence-electron chi connectivity index (χ4n) is 2.10. The molecule has 120 valence electrons. The van der Waals surface area contributed by atoms with Gasteiger partial charge in [0.05, 0.1) is 0 Å². The van der Waals surface area contributed by atoms with Gasteiger partial charge in [-0.05, 0) is 33.2 Å². The fraction of sp³-hybridized carbons (Fsp3) is 0.600. The fourth-order valence-corrected chi connectivity index (χ4v) is 4.60. The molecule has 0 radical (unpaired) electrons. The van der Waals surface area contributed by atoms with Gasteiger partial charge < -0.3 is 24.7 Å². The van der Waals surface area contributed by atoms with Gasteiger partial charge in [-0.15, -0.1) is 0 Å². The molecule has 5 nitrogen and oxygen atoms in total. The second-order valence-electron chi connectivity index (χ2n) is 4.76. The van der Waals surface area contributed by atoms with E-state index >= 15 is 0 Å². The Labute approximate surface area is 128 Å². The third-order valence-corrected chi connectivity index (χ3v) is 6.08. The van der Waals surface area contributed by atoms with Crippen molar-refractivity contribution in [1.29, 1.82) is 0 Å². The SMILES string of the molecule is CCO[Si](OCC)(OCCC(N)CCN)c1ccccc1. The Kier molecular flexibility index (Phi) is 8.75. The number of rotatable bonds is 11. The van der Waals surface area contributed by atoms with Crippen LogP contribution in [0, 0.1) is 0 Å². The van der Waals surface area contributed by atoms with E-state index in [0.717, 1.165) is 18.0 Å². The van der Waals surface area contributed by atoms with Gasteiger partial charge >= 0.3 is 8.80 Å². The third kappa shape index (κ3) is 5.86. The molecule has 1 atom stereocenters. The first kappa shape index (κ1) is 18.3. The highest BCUT2D eigenvalue weighted by Crippen LogP contribution is 2.12. The van der Waals surface area contributed by atoms with Crippen molar-refractivity contribution in [3.63, 3.8) is 0 Å².